The van der Waals surface area contributed by atoms with Crippen molar-refractivity contribution in [3.63, 3.8) is 0 Å². The topological polar surface area (TPSA) is 80.3 Å². The van der Waals surface area contributed by atoms with Gasteiger partial charge in [0.05, 0.1) is 0 Å². The molecule has 0 amide bonds. The molecular weight excluding hydrogens is 194 g/mol. The SMILES string of the molecule is O=S(=O)([O-])[O-].[Cl-].[K+].[Na+]. The summed E-state index contributed by atoms with van der Waals surface area (Å²) in [6, 6.07) is 0. The summed E-state index contributed by atoms with van der Waals surface area (Å²) >= 11 is 0. The Labute approximate surface area is 118 Å². The minimum atomic E-state index is -5.17. The molecule has 0 aliphatic heterocycles. The maximum atomic E-state index is 8.52. The Kier molecular flexibility index (Phi) is 27.5. The van der Waals surface area contributed by atoms with Gasteiger partial charge in [0.15, 0.2) is 0 Å². The van der Waals surface area contributed by atoms with Gasteiger partial charge in [-0.15, -0.1) is 0 Å². The molecule has 8 heavy (non-hydrogen) atoms. The molecule has 0 aromatic carbocycles. The Morgan fingerprint density at radius 1 is 1.12 bits per heavy atom. The van der Waals surface area contributed by atoms with Crippen molar-refractivity contribution < 1.29 is 111 Å². The van der Waals surface area contributed by atoms with Crippen LogP contribution >= 0.6 is 0 Å². The van der Waals surface area contributed by atoms with Gasteiger partial charge in [-0.25, -0.2) is 0 Å². The summed E-state index contributed by atoms with van der Waals surface area (Å²) in [5.41, 5.74) is 0. The summed E-state index contributed by atoms with van der Waals surface area (Å²) in [6.45, 7) is 0. The first-order valence-electron chi connectivity index (χ1n) is 0.667. The van der Waals surface area contributed by atoms with E-state index in [1.165, 1.54) is 0 Å². The Morgan fingerprint density at radius 2 is 1.12 bits per heavy atom. The minimum absolute atomic E-state index is 0. The first kappa shape index (κ1) is 22.4. The van der Waals surface area contributed by atoms with Crippen molar-refractivity contribution in [1.29, 1.82) is 0 Å². The van der Waals surface area contributed by atoms with Crippen molar-refractivity contribution in [2.75, 3.05) is 0 Å². The van der Waals surface area contributed by atoms with Gasteiger partial charge in [-0.3, -0.25) is 8.42 Å². The zero-order chi connectivity index (χ0) is 4.50. The first-order chi connectivity index (χ1) is 2.00. The Balaban J connectivity index is -0.0000000267. The third kappa shape index (κ3) is 68.4. The molecule has 0 heterocycles. The van der Waals surface area contributed by atoms with Gasteiger partial charge in [0.1, 0.15) is 0 Å². The molecule has 0 rings (SSSR count). The molecule has 0 aromatic heterocycles. The molecule has 0 saturated heterocycles. The summed E-state index contributed by atoms with van der Waals surface area (Å²) in [5, 5.41) is 0. The van der Waals surface area contributed by atoms with Crippen LogP contribution in [0.15, 0.2) is 0 Å². The van der Waals surface area contributed by atoms with Crippen molar-refractivity contribution in [3.8, 4) is 0 Å². The van der Waals surface area contributed by atoms with Crippen LogP contribution in [-0.4, -0.2) is 17.5 Å². The zero-order valence-corrected chi connectivity index (χ0v) is 11.1. The second kappa shape index (κ2) is 9.80. The number of hydrogen-bond acceptors (Lipinski definition) is 4. The summed E-state index contributed by atoms with van der Waals surface area (Å²) in [6.07, 6.45) is 0. The molecule has 0 aromatic rings. The average Bonchev–Trinajstić information content (AvgIpc) is 0.722. The van der Waals surface area contributed by atoms with Crippen LogP contribution in [0, 0.1) is 0 Å². The second-order valence-electron chi connectivity index (χ2n) is 0.408. The van der Waals surface area contributed by atoms with E-state index in [2.05, 4.69) is 0 Å². The molecule has 0 aliphatic rings. The Bertz CT molecular complexity index is 99.2. The van der Waals surface area contributed by atoms with Gasteiger partial charge < -0.3 is 21.5 Å². The third-order valence-electron chi connectivity index (χ3n) is 0. The largest absolute Gasteiger partial charge is 1.00 e. The molecule has 0 spiro atoms. The van der Waals surface area contributed by atoms with E-state index in [1.807, 2.05) is 0 Å². The van der Waals surface area contributed by atoms with Crippen molar-refractivity contribution in [2.24, 2.45) is 0 Å². The third-order valence-corrected chi connectivity index (χ3v) is 0. The summed E-state index contributed by atoms with van der Waals surface area (Å²) in [4.78, 5) is 0. The van der Waals surface area contributed by atoms with Crippen LogP contribution in [0.25, 0.3) is 0 Å². The van der Waals surface area contributed by atoms with Gasteiger partial charge in [-0.1, -0.05) is 0 Å². The van der Waals surface area contributed by atoms with Gasteiger partial charge in [0.25, 0.3) is 0 Å². The molecule has 0 radical (unpaired) electrons. The maximum absolute atomic E-state index is 8.52. The van der Waals surface area contributed by atoms with E-state index in [-0.39, 0.29) is 93.3 Å². The summed E-state index contributed by atoms with van der Waals surface area (Å²) < 4.78 is 34.1. The monoisotopic (exact) mass is 193 g/mol. The number of hydrogen-bond donors (Lipinski definition) is 0. The van der Waals surface area contributed by atoms with Crippen molar-refractivity contribution >= 4 is 10.4 Å². The maximum Gasteiger partial charge on any atom is 1.00 e. The van der Waals surface area contributed by atoms with Crippen LogP contribution in [-0.2, 0) is 10.4 Å². The molecule has 4 nitrogen and oxygen atoms in total. The van der Waals surface area contributed by atoms with Crippen molar-refractivity contribution in [1.82, 2.24) is 0 Å². The van der Waals surface area contributed by atoms with E-state index in [1.54, 1.807) is 0 Å². The molecular formula is ClKNaO4S-. The minimum Gasteiger partial charge on any atom is -1.00 e. The van der Waals surface area contributed by atoms with E-state index >= 15 is 0 Å². The normalized spacial score (nSPS) is 7.25. The zero-order valence-electron chi connectivity index (χ0n) is 4.42. The molecule has 40 valence electrons. The molecule has 0 atom stereocenters. The molecule has 0 N–H and O–H groups in total. The smallest absolute Gasteiger partial charge is 1.00 e. The number of halogens is 1. The molecule has 0 unspecified atom stereocenters. The van der Waals surface area contributed by atoms with Crippen molar-refractivity contribution in [2.45, 2.75) is 0 Å². The van der Waals surface area contributed by atoms with E-state index in [4.69, 9.17) is 17.5 Å². The predicted octanol–water partition coefficient (Wildman–Crippen LogP) is -10.3. The van der Waals surface area contributed by atoms with Gasteiger partial charge in [-0.05, 0) is 0 Å². The molecule has 0 bridgehead atoms. The fraction of sp³-hybridized carbons (Fsp3) is 0. The fourth-order valence-electron chi connectivity index (χ4n) is 0. The fourth-order valence-corrected chi connectivity index (χ4v) is 0. The van der Waals surface area contributed by atoms with Crippen LogP contribution < -0.4 is 93.3 Å². The van der Waals surface area contributed by atoms with Gasteiger partial charge >= 0.3 is 80.9 Å². The van der Waals surface area contributed by atoms with E-state index in [0.29, 0.717) is 0 Å². The van der Waals surface area contributed by atoms with Gasteiger partial charge in [-0.2, -0.15) is 0 Å². The van der Waals surface area contributed by atoms with Crippen LogP contribution in [0.5, 0.6) is 0 Å². The van der Waals surface area contributed by atoms with Crippen LogP contribution in [0.4, 0.5) is 0 Å². The molecule has 8 heteroatoms. The first-order valence-corrected chi connectivity index (χ1v) is 2.00. The van der Waals surface area contributed by atoms with Crippen LogP contribution in [0.2, 0.25) is 0 Å². The quantitative estimate of drug-likeness (QED) is 0.217. The Morgan fingerprint density at radius 3 is 1.12 bits per heavy atom. The van der Waals surface area contributed by atoms with E-state index in [9.17, 15) is 0 Å². The second-order valence-corrected chi connectivity index (χ2v) is 1.22. The molecule has 0 aliphatic carbocycles. The van der Waals surface area contributed by atoms with Crippen LogP contribution in [0.1, 0.15) is 0 Å². The molecule has 0 fully saturated rings. The Hall–Kier alpha value is 2.80. The summed E-state index contributed by atoms with van der Waals surface area (Å²) in [7, 11) is -5.17. The van der Waals surface area contributed by atoms with Gasteiger partial charge in [0, 0.05) is 10.4 Å². The van der Waals surface area contributed by atoms with Gasteiger partial charge in [0.2, 0.25) is 0 Å². The predicted molar refractivity (Wildman–Crippen MR) is 10.5 cm³/mol. The van der Waals surface area contributed by atoms with Crippen LogP contribution in [0.3, 0.4) is 0 Å². The standard InChI is InChI=1S/ClH.K.Na.H2O4S/c;;;1-5(2,3)4/h1H;;;(H2,1,2,3,4)/q;2*+1;/p-3. The van der Waals surface area contributed by atoms with E-state index < -0.39 is 10.4 Å². The summed E-state index contributed by atoms with van der Waals surface area (Å²) in [5.74, 6) is 0. The molecule has 0 saturated carbocycles. The van der Waals surface area contributed by atoms with E-state index in [0.717, 1.165) is 0 Å². The van der Waals surface area contributed by atoms with Crippen molar-refractivity contribution in [3.05, 3.63) is 0 Å². The average molecular weight is 194 g/mol. The number of rotatable bonds is 0.